The largest absolute Gasteiger partial charge is 0.465 e. The second-order valence-corrected chi connectivity index (χ2v) is 6.38. The number of hydrogen-bond donors (Lipinski definition) is 2. The summed E-state index contributed by atoms with van der Waals surface area (Å²) in [5, 5.41) is 6.58. The van der Waals surface area contributed by atoms with E-state index in [0.717, 1.165) is 11.4 Å². The van der Waals surface area contributed by atoms with Crippen molar-refractivity contribution in [3.05, 3.63) is 71.0 Å². The Morgan fingerprint density at radius 1 is 0.889 bits per heavy atom. The lowest BCUT2D eigenvalue weighted by atomic mass is 10.1. The van der Waals surface area contributed by atoms with Crippen molar-refractivity contribution in [2.24, 2.45) is 0 Å². The molecule has 27 heavy (non-hydrogen) atoms. The Morgan fingerprint density at radius 3 is 2.07 bits per heavy atom. The van der Waals surface area contributed by atoms with Crippen LogP contribution in [0.5, 0.6) is 0 Å². The molecule has 138 valence electrons. The molecule has 0 radical (unpaired) electrons. The summed E-state index contributed by atoms with van der Waals surface area (Å²) >= 11 is 0. The Labute approximate surface area is 158 Å². The van der Waals surface area contributed by atoms with E-state index in [1.807, 2.05) is 6.07 Å². The third-order valence-corrected chi connectivity index (χ3v) is 4.18. The minimum Gasteiger partial charge on any atom is -0.465 e. The molecule has 0 bridgehead atoms. The molecule has 0 aliphatic heterocycles. The van der Waals surface area contributed by atoms with Crippen LogP contribution in [0.1, 0.15) is 27.0 Å². The monoisotopic (exact) mass is 362 g/mol. The van der Waals surface area contributed by atoms with Gasteiger partial charge in [-0.05, 0) is 56.2 Å². The first-order valence-electron chi connectivity index (χ1n) is 8.58. The number of esters is 1. The van der Waals surface area contributed by atoms with Crippen molar-refractivity contribution in [3.63, 3.8) is 0 Å². The van der Waals surface area contributed by atoms with Crippen LogP contribution < -0.4 is 10.6 Å². The Kier molecular flexibility index (Phi) is 5.35. The van der Waals surface area contributed by atoms with Crippen LogP contribution in [0.15, 0.2) is 48.8 Å². The maximum atomic E-state index is 11.5. The molecule has 1 heterocycles. The average molecular weight is 362 g/mol. The minimum absolute atomic E-state index is 0.362. The summed E-state index contributed by atoms with van der Waals surface area (Å²) in [5.74, 6) is 0.994. The molecule has 3 rings (SSSR count). The number of carbonyl (C=O) groups excluding carboxylic acids is 1. The third kappa shape index (κ3) is 4.41. The van der Waals surface area contributed by atoms with Crippen molar-refractivity contribution in [1.29, 1.82) is 0 Å². The van der Waals surface area contributed by atoms with Gasteiger partial charge in [-0.1, -0.05) is 17.7 Å². The predicted molar refractivity (Wildman–Crippen MR) is 107 cm³/mol. The fourth-order valence-corrected chi connectivity index (χ4v) is 2.95. The van der Waals surface area contributed by atoms with E-state index in [0.29, 0.717) is 17.2 Å². The molecule has 0 saturated heterocycles. The van der Waals surface area contributed by atoms with Crippen molar-refractivity contribution in [2.75, 3.05) is 17.7 Å². The van der Waals surface area contributed by atoms with Gasteiger partial charge < -0.3 is 15.4 Å². The number of hydrogen-bond acceptors (Lipinski definition) is 6. The molecule has 2 N–H and O–H groups in total. The van der Waals surface area contributed by atoms with Gasteiger partial charge in [0.2, 0.25) is 0 Å². The number of aromatic nitrogens is 2. The summed E-state index contributed by atoms with van der Waals surface area (Å²) in [5.41, 5.74) is 5.93. The zero-order valence-corrected chi connectivity index (χ0v) is 15.8. The van der Waals surface area contributed by atoms with Crippen molar-refractivity contribution >= 4 is 29.0 Å². The molecule has 6 heteroatoms. The van der Waals surface area contributed by atoms with Gasteiger partial charge in [0, 0.05) is 17.4 Å². The molecule has 0 unspecified atom stereocenters. The van der Waals surface area contributed by atoms with Crippen molar-refractivity contribution < 1.29 is 9.53 Å². The number of carbonyl (C=O) groups is 1. The molecule has 0 atom stereocenters. The number of aryl methyl sites for hydroxylation is 3. The van der Waals surface area contributed by atoms with Crippen LogP contribution in [0.2, 0.25) is 0 Å². The highest BCUT2D eigenvalue weighted by atomic mass is 16.5. The van der Waals surface area contributed by atoms with E-state index in [2.05, 4.69) is 53.5 Å². The standard InChI is InChI=1S/C21H22N4O2/c1-13-9-14(2)20(15(3)10-13)25-19-11-18(22-12-23-19)24-17-7-5-16(6-8-17)21(26)27-4/h5-12H,1-4H3,(H2,22,23,24,25). The van der Waals surface area contributed by atoms with E-state index in [1.54, 1.807) is 24.3 Å². The molecule has 6 nitrogen and oxygen atoms in total. The lowest BCUT2D eigenvalue weighted by molar-refractivity contribution is 0.0601. The summed E-state index contributed by atoms with van der Waals surface area (Å²) in [4.78, 5) is 20.1. The first-order chi connectivity index (χ1) is 13.0. The van der Waals surface area contributed by atoms with E-state index < -0.39 is 0 Å². The van der Waals surface area contributed by atoms with Gasteiger partial charge in [0.05, 0.1) is 12.7 Å². The molecule has 0 spiro atoms. The maximum absolute atomic E-state index is 11.5. The fourth-order valence-electron chi connectivity index (χ4n) is 2.95. The Bertz CT molecular complexity index is 945. The predicted octanol–water partition coefficient (Wildman–Crippen LogP) is 4.68. The highest BCUT2D eigenvalue weighted by Crippen LogP contribution is 2.26. The van der Waals surface area contributed by atoms with Gasteiger partial charge in [0.25, 0.3) is 0 Å². The van der Waals surface area contributed by atoms with Gasteiger partial charge in [-0.15, -0.1) is 0 Å². The van der Waals surface area contributed by atoms with Gasteiger partial charge in [-0.25, -0.2) is 14.8 Å². The van der Waals surface area contributed by atoms with Gasteiger partial charge in [-0.3, -0.25) is 0 Å². The Hall–Kier alpha value is -3.41. The van der Waals surface area contributed by atoms with Crippen LogP contribution >= 0.6 is 0 Å². The fraction of sp³-hybridized carbons (Fsp3) is 0.190. The van der Waals surface area contributed by atoms with Gasteiger partial charge in [-0.2, -0.15) is 0 Å². The maximum Gasteiger partial charge on any atom is 0.337 e. The lowest BCUT2D eigenvalue weighted by Crippen LogP contribution is -2.02. The SMILES string of the molecule is COC(=O)c1ccc(Nc2cc(Nc3c(C)cc(C)cc3C)ncn2)cc1. The Morgan fingerprint density at radius 2 is 1.48 bits per heavy atom. The first kappa shape index (κ1) is 18.4. The third-order valence-electron chi connectivity index (χ3n) is 4.18. The summed E-state index contributed by atoms with van der Waals surface area (Å²) in [6.07, 6.45) is 1.51. The topological polar surface area (TPSA) is 76.1 Å². The van der Waals surface area contributed by atoms with Gasteiger partial charge >= 0.3 is 5.97 Å². The van der Waals surface area contributed by atoms with Crippen LogP contribution in [0.3, 0.4) is 0 Å². The van der Waals surface area contributed by atoms with Crippen LogP contribution in [-0.2, 0) is 4.74 Å². The number of anilines is 4. The second-order valence-electron chi connectivity index (χ2n) is 6.38. The van der Waals surface area contributed by atoms with E-state index in [9.17, 15) is 4.79 Å². The van der Waals surface area contributed by atoms with E-state index in [4.69, 9.17) is 4.74 Å². The van der Waals surface area contributed by atoms with Crippen molar-refractivity contribution in [2.45, 2.75) is 20.8 Å². The number of ether oxygens (including phenoxy) is 1. The smallest absolute Gasteiger partial charge is 0.337 e. The highest BCUT2D eigenvalue weighted by Gasteiger charge is 2.07. The number of benzene rings is 2. The Balaban J connectivity index is 1.77. The normalized spacial score (nSPS) is 10.4. The zero-order valence-electron chi connectivity index (χ0n) is 15.8. The molecule has 0 saturated carbocycles. The molecule has 0 aliphatic rings. The average Bonchev–Trinajstić information content (AvgIpc) is 2.65. The molecule has 3 aromatic rings. The van der Waals surface area contributed by atoms with Crippen LogP contribution in [0.4, 0.5) is 23.0 Å². The molecule has 0 fully saturated rings. The highest BCUT2D eigenvalue weighted by molar-refractivity contribution is 5.89. The van der Waals surface area contributed by atoms with Gasteiger partial charge in [0.15, 0.2) is 0 Å². The van der Waals surface area contributed by atoms with Gasteiger partial charge in [0.1, 0.15) is 18.0 Å². The summed E-state index contributed by atoms with van der Waals surface area (Å²) in [7, 11) is 1.36. The van der Waals surface area contributed by atoms with Crippen LogP contribution in [0, 0.1) is 20.8 Å². The quantitative estimate of drug-likeness (QED) is 0.642. The summed E-state index contributed by atoms with van der Waals surface area (Å²) in [6.45, 7) is 6.24. The number of methoxy groups -OCH3 is 1. The van der Waals surface area contributed by atoms with Crippen molar-refractivity contribution in [3.8, 4) is 0 Å². The number of nitrogens with zero attached hydrogens (tertiary/aromatic N) is 2. The summed E-state index contributed by atoms with van der Waals surface area (Å²) < 4.78 is 4.71. The lowest BCUT2D eigenvalue weighted by Gasteiger charge is -2.14. The minimum atomic E-state index is -0.362. The molecule has 0 amide bonds. The van der Waals surface area contributed by atoms with E-state index in [1.165, 1.54) is 30.1 Å². The van der Waals surface area contributed by atoms with Crippen LogP contribution in [0.25, 0.3) is 0 Å². The zero-order chi connectivity index (χ0) is 19.4. The molecular weight excluding hydrogens is 340 g/mol. The molecule has 2 aromatic carbocycles. The molecular formula is C21H22N4O2. The second kappa shape index (κ2) is 7.86. The first-order valence-corrected chi connectivity index (χ1v) is 8.58. The number of rotatable bonds is 5. The summed E-state index contributed by atoms with van der Waals surface area (Å²) in [6, 6.07) is 13.1. The number of nitrogens with one attached hydrogen (secondary N) is 2. The van der Waals surface area contributed by atoms with E-state index >= 15 is 0 Å². The molecule has 1 aromatic heterocycles. The van der Waals surface area contributed by atoms with Crippen LogP contribution in [-0.4, -0.2) is 23.0 Å². The van der Waals surface area contributed by atoms with E-state index in [-0.39, 0.29) is 5.97 Å². The van der Waals surface area contributed by atoms with Crippen molar-refractivity contribution in [1.82, 2.24) is 9.97 Å². The molecule has 0 aliphatic carbocycles.